The highest BCUT2D eigenvalue weighted by Crippen LogP contribution is 2.24. The van der Waals surface area contributed by atoms with Gasteiger partial charge in [-0.3, -0.25) is 4.79 Å². The van der Waals surface area contributed by atoms with Gasteiger partial charge in [-0.15, -0.1) is 11.3 Å². The standard InChI is InChI=1S/C9H14N2OS/c1-6-5-10-8(13-6)9(3,4)11-7(2)12/h5H,1-4H3,(H,11,12). The molecule has 0 aromatic carbocycles. The maximum Gasteiger partial charge on any atom is 0.217 e. The zero-order valence-corrected chi connectivity index (χ0v) is 9.16. The van der Waals surface area contributed by atoms with Crippen LogP contribution in [0.3, 0.4) is 0 Å². The molecule has 1 aromatic heterocycles. The van der Waals surface area contributed by atoms with Crippen LogP contribution in [0.1, 0.15) is 30.7 Å². The van der Waals surface area contributed by atoms with Crippen molar-refractivity contribution >= 4 is 17.2 Å². The molecule has 13 heavy (non-hydrogen) atoms. The van der Waals surface area contributed by atoms with E-state index in [1.807, 2.05) is 27.0 Å². The van der Waals surface area contributed by atoms with E-state index < -0.39 is 0 Å². The second-order valence-electron chi connectivity index (χ2n) is 3.58. The minimum atomic E-state index is -0.356. The van der Waals surface area contributed by atoms with Gasteiger partial charge >= 0.3 is 0 Å². The molecule has 4 heteroatoms. The highest BCUT2D eigenvalue weighted by atomic mass is 32.1. The van der Waals surface area contributed by atoms with Crippen molar-refractivity contribution in [3.63, 3.8) is 0 Å². The summed E-state index contributed by atoms with van der Waals surface area (Å²) >= 11 is 1.61. The molecule has 0 bridgehead atoms. The highest BCUT2D eigenvalue weighted by Gasteiger charge is 2.24. The number of carbonyl (C=O) groups is 1. The third kappa shape index (κ3) is 2.52. The summed E-state index contributed by atoms with van der Waals surface area (Å²) in [5.41, 5.74) is -0.356. The largest absolute Gasteiger partial charge is 0.345 e. The highest BCUT2D eigenvalue weighted by molar-refractivity contribution is 7.11. The first-order valence-corrected chi connectivity index (χ1v) is 4.95. The summed E-state index contributed by atoms with van der Waals surface area (Å²) < 4.78 is 0. The van der Waals surface area contributed by atoms with Crippen LogP contribution in [-0.2, 0) is 10.3 Å². The summed E-state index contributed by atoms with van der Waals surface area (Å²) in [6.07, 6.45) is 1.82. The summed E-state index contributed by atoms with van der Waals surface area (Å²) in [4.78, 5) is 16.3. The number of rotatable bonds is 2. The predicted molar refractivity (Wildman–Crippen MR) is 53.7 cm³/mol. The van der Waals surface area contributed by atoms with Crippen LogP contribution < -0.4 is 5.32 Å². The number of amides is 1. The van der Waals surface area contributed by atoms with E-state index >= 15 is 0 Å². The van der Waals surface area contributed by atoms with Crippen LogP contribution in [0.25, 0.3) is 0 Å². The van der Waals surface area contributed by atoms with Gasteiger partial charge in [0.2, 0.25) is 5.91 Å². The number of nitrogens with one attached hydrogen (secondary N) is 1. The summed E-state index contributed by atoms with van der Waals surface area (Å²) in [6, 6.07) is 0. The van der Waals surface area contributed by atoms with Gasteiger partial charge in [-0.05, 0) is 20.8 Å². The van der Waals surface area contributed by atoms with Gasteiger partial charge in [0.15, 0.2) is 0 Å². The van der Waals surface area contributed by atoms with Crippen molar-refractivity contribution in [1.82, 2.24) is 10.3 Å². The summed E-state index contributed by atoms with van der Waals surface area (Å²) in [5, 5.41) is 3.80. The molecule has 0 aliphatic heterocycles. The molecule has 0 radical (unpaired) electrons. The Bertz CT molecular complexity index is 317. The third-order valence-corrected chi connectivity index (χ3v) is 2.88. The van der Waals surface area contributed by atoms with E-state index in [0.29, 0.717) is 0 Å². The Morgan fingerprint density at radius 3 is 2.62 bits per heavy atom. The van der Waals surface area contributed by atoms with E-state index in [1.165, 1.54) is 6.92 Å². The van der Waals surface area contributed by atoms with Gasteiger partial charge in [-0.1, -0.05) is 0 Å². The van der Waals surface area contributed by atoms with Gasteiger partial charge in [0.1, 0.15) is 5.01 Å². The van der Waals surface area contributed by atoms with E-state index in [4.69, 9.17) is 0 Å². The molecule has 0 atom stereocenters. The Morgan fingerprint density at radius 1 is 1.62 bits per heavy atom. The molecule has 1 N–H and O–H groups in total. The number of aryl methyl sites for hydroxylation is 1. The van der Waals surface area contributed by atoms with Gasteiger partial charge in [-0.2, -0.15) is 0 Å². The lowest BCUT2D eigenvalue weighted by Gasteiger charge is -2.22. The fourth-order valence-corrected chi connectivity index (χ4v) is 1.96. The number of aromatic nitrogens is 1. The molecule has 0 unspecified atom stereocenters. The molecule has 0 spiro atoms. The average molecular weight is 198 g/mol. The zero-order valence-electron chi connectivity index (χ0n) is 8.34. The topological polar surface area (TPSA) is 42.0 Å². The van der Waals surface area contributed by atoms with Crippen molar-refractivity contribution in [3.8, 4) is 0 Å². The second kappa shape index (κ2) is 3.46. The van der Waals surface area contributed by atoms with Crippen LogP contribution in [0.15, 0.2) is 6.20 Å². The second-order valence-corrected chi connectivity index (χ2v) is 4.82. The lowest BCUT2D eigenvalue weighted by Crippen LogP contribution is -2.39. The molecular weight excluding hydrogens is 184 g/mol. The van der Waals surface area contributed by atoms with Gasteiger partial charge in [0, 0.05) is 18.0 Å². The maximum atomic E-state index is 10.9. The number of thiazole rings is 1. The number of hydrogen-bond acceptors (Lipinski definition) is 3. The third-order valence-electron chi connectivity index (χ3n) is 1.64. The van der Waals surface area contributed by atoms with Crippen LogP contribution in [0.2, 0.25) is 0 Å². The summed E-state index contributed by atoms with van der Waals surface area (Å²) in [6.45, 7) is 7.42. The first-order chi connectivity index (χ1) is 5.92. The average Bonchev–Trinajstić information content (AvgIpc) is 2.32. The molecule has 3 nitrogen and oxygen atoms in total. The van der Waals surface area contributed by atoms with E-state index in [2.05, 4.69) is 10.3 Å². The molecule has 0 aliphatic rings. The minimum Gasteiger partial charge on any atom is -0.345 e. The molecule has 1 heterocycles. The number of hydrogen-bond donors (Lipinski definition) is 1. The molecule has 0 saturated carbocycles. The van der Waals surface area contributed by atoms with Crippen molar-refractivity contribution in [2.24, 2.45) is 0 Å². The fraction of sp³-hybridized carbons (Fsp3) is 0.556. The Kier molecular flexibility index (Phi) is 2.71. The van der Waals surface area contributed by atoms with Crippen molar-refractivity contribution in [1.29, 1.82) is 0 Å². The van der Waals surface area contributed by atoms with Crippen molar-refractivity contribution in [3.05, 3.63) is 16.1 Å². The molecule has 1 aromatic rings. The van der Waals surface area contributed by atoms with Crippen LogP contribution >= 0.6 is 11.3 Å². The normalized spacial score (nSPS) is 11.4. The Labute approximate surface area is 82.2 Å². The monoisotopic (exact) mass is 198 g/mol. The van der Waals surface area contributed by atoms with Crippen LogP contribution in [-0.4, -0.2) is 10.9 Å². The molecule has 0 saturated heterocycles. The van der Waals surface area contributed by atoms with Crippen molar-refractivity contribution in [2.45, 2.75) is 33.2 Å². The molecular formula is C9H14N2OS. The first-order valence-electron chi connectivity index (χ1n) is 4.13. The Balaban J connectivity index is 2.86. The predicted octanol–water partition coefficient (Wildman–Crippen LogP) is 1.82. The Morgan fingerprint density at radius 2 is 2.23 bits per heavy atom. The van der Waals surface area contributed by atoms with Gasteiger partial charge in [0.25, 0.3) is 0 Å². The number of nitrogens with zero attached hydrogens (tertiary/aromatic N) is 1. The smallest absolute Gasteiger partial charge is 0.217 e. The summed E-state index contributed by atoms with van der Waals surface area (Å²) in [5.74, 6) is -0.0298. The molecule has 1 amide bonds. The Hall–Kier alpha value is -0.900. The molecule has 1 rings (SSSR count). The lowest BCUT2D eigenvalue weighted by atomic mass is 10.1. The van der Waals surface area contributed by atoms with Gasteiger partial charge in [-0.25, -0.2) is 4.98 Å². The minimum absolute atomic E-state index is 0.0298. The van der Waals surface area contributed by atoms with Crippen LogP contribution in [0.4, 0.5) is 0 Å². The summed E-state index contributed by atoms with van der Waals surface area (Å²) in [7, 11) is 0. The maximum absolute atomic E-state index is 10.9. The molecule has 72 valence electrons. The first kappa shape index (κ1) is 10.2. The fourth-order valence-electron chi connectivity index (χ4n) is 1.14. The van der Waals surface area contributed by atoms with Crippen molar-refractivity contribution in [2.75, 3.05) is 0 Å². The molecule has 0 aliphatic carbocycles. The van der Waals surface area contributed by atoms with Gasteiger partial charge in [0.05, 0.1) is 5.54 Å². The van der Waals surface area contributed by atoms with E-state index in [-0.39, 0.29) is 11.4 Å². The van der Waals surface area contributed by atoms with Crippen molar-refractivity contribution < 1.29 is 4.79 Å². The zero-order chi connectivity index (χ0) is 10.1. The van der Waals surface area contributed by atoms with E-state index in [1.54, 1.807) is 11.3 Å². The molecule has 0 fully saturated rings. The van der Waals surface area contributed by atoms with Crippen LogP contribution in [0, 0.1) is 6.92 Å². The van der Waals surface area contributed by atoms with Crippen LogP contribution in [0.5, 0.6) is 0 Å². The quantitative estimate of drug-likeness (QED) is 0.787. The van der Waals surface area contributed by atoms with E-state index in [9.17, 15) is 4.79 Å². The SMILES string of the molecule is CC(=O)NC(C)(C)c1ncc(C)s1. The van der Waals surface area contributed by atoms with E-state index in [0.717, 1.165) is 9.88 Å². The number of carbonyl (C=O) groups excluding carboxylic acids is 1. The van der Waals surface area contributed by atoms with Gasteiger partial charge < -0.3 is 5.32 Å². The lowest BCUT2D eigenvalue weighted by molar-refractivity contribution is -0.120.